The van der Waals surface area contributed by atoms with Gasteiger partial charge >= 0.3 is 0 Å². The van der Waals surface area contributed by atoms with E-state index in [2.05, 4.69) is 15.4 Å². The van der Waals surface area contributed by atoms with Crippen LogP contribution < -0.4 is 11.1 Å². The second-order valence-electron chi connectivity index (χ2n) is 5.68. The van der Waals surface area contributed by atoms with Crippen LogP contribution in [0.2, 0.25) is 0 Å². The van der Waals surface area contributed by atoms with Crippen LogP contribution in [-0.2, 0) is 0 Å². The first-order chi connectivity index (χ1) is 13.5. The molecule has 4 rings (SSSR count). The first kappa shape index (κ1) is 17.6. The molecule has 0 spiro atoms. The van der Waals surface area contributed by atoms with Gasteiger partial charge in [0.05, 0.1) is 12.4 Å². The lowest BCUT2D eigenvalue weighted by Gasteiger charge is -2.11. The van der Waals surface area contributed by atoms with Crippen LogP contribution in [0.25, 0.3) is 11.5 Å². The van der Waals surface area contributed by atoms with Crippen molar-refractivity contribution in [2.45, 2.75) is 0 Å². The first-order valence-corrected chi connectivity index (χ1v) is 8.89. The molecule has 1 aromatic carbocycles. The molecule has 3 N–H and O–H groups in total. The monoisotopic (exact) mass is 396 g/mol. The summed E-state index contributed by atoms with van der Waals surface area (Å²) in [6.07, 6.45) is 6.08. The lowest BCUT2D eigenvalue weighted by atomic mass is 10.2. The number of halogens is 1. The van der Waals surface area contributed by atoms with Crippen LogP contribution in [0.5, 0.6) is 0 Å². The molecule has 0 saturated heterocycles. The lowest BCUT2D eigenvalue weighted by Crippen LogP contribution is -2.15. The highest BCUT2D eigenvalue weighted by molar-refractivity contribution is 7.17. The van der Waals surface area contributed by atoms with Crippen molar-refractivity contribution in [1.82, 2.24) is 19.3 Å². The Morgan fingerprint density at radius 3 is 2.54 bits per heavy atom. The van der Waals surface area contributed by atoms with Crippen molar-refractivity contribution in [2.75, 3.05) is 5.32 Å². The number of nitrogens with zero attached hydrogens (tertiary/aromatic N) is 4. The molecule has 0 atom stereocenters. The number of primary amides is 1. The summed E-state index contributed by atoms with van der Waals surface area (Å²) in [5, 5.41) is 7.04. The van der Waals surface area contributed by atoms with Gasteiger partial charge in [0.15, 0.2) is 10.9 Å². The number of para-hydroxylation sites is 1. The fourth-order valence-corrected chi connectivity index (χ4v) is 3.30. The fraction of sp³-hybridized carbons (Fsp3) is 0. The Morgan fingerprint density at radius 1 is 1.11 bits per heavy atom. The number of anilines is 1. The van der Waals surface area contributed by atoms with Crippen LogP contribution >= 0.6 is 11.3 Å². The lowest BCUT2D eigenvalue weighted by molar-refractivity contribution is 0.100. The molecular formula is C18H13FN6O2S. The summed E-state index contributed by atoms with van der Waals surface area (Å²) in [5.41, 5.74) is 5.61. The molecule has 0 radical (unpaired) electrons. The number of rotatable bonds is 5. The van der Waals surface area contributed by atoms with Gasteiger partial charge < -0.3 is 10.3 Å². The predicted octanol–water partition coefficient (Wildman–Crippen LogP) is 2.61. The van der Waals surface area contributed by atoms with Gasteiger partial charge in [-0.25, -0.2) is 14.1 Å². The van der Waals surface area contributed by atoms with Crippen molar-refractivity contribution in [3.63, 3.8) is 0 Å². The topological polar surface area (TPSA) is 108 Å². The van der Waals surface area contributed by atoms with E-state index in [0.29, 0.717) is 5.82 Å². The third kappa shape index (κ3) is 3.16. The maximum Gasteiger partial charge on any atom is 0.262 e. The van der Waals surface area contributed by atoms with Crippen LogP contribution in [0.3, 0.4) is 0 Å². The van der Waals surface area contributed by atoms with Crippen molar-refractivity contribution >= 4 is 28.3 Å². The highest BCUT2D eigenvalue weighted by atomic mass is 32.1. The Balaban J connectivity index is 1.76. The summed E-state index contributed by atoms with van der Waals surface area (Å²) < 4.78 is 17.3. The first-order valence-electron chi connectivity index (χ1n) is 8.08. The van der Waals surface area contributed by atoms with Crippen LogP contribution in [0.4, 0.5) is 9.52 Å². The Morgan fingerprint density at radius 2 is 1.86 bits per heavy atom. The molecule has 0 aliphatic heterocycles. The van der Waals surface area contributed by atoms with Gasteiger partial charge in [-0.1, -0.05) is 23.5 Å². The van der Waals surface area contributed by atoms with E-state index in [0.717, 1.165) is 11.3 Å². The second kappa shape index (κ2) is 7.08. The third-order valence-corrected chi connectivity index (χ3v) is 4.81. The molecule has 8 nitrogen and oxygen atoms in total. The number of amides is 2. The van der Waals surface area contributed by atoms with E-state index in [1.165, 1.54) is 23.1 Å². The van der Waals surface area contributed by atoms with E-state index in [1.54, 1.807) is 47.3 Å². The van der Waals surface area contributed by atoms with Gasteiger partial charge in [-0.2, -0.15) is 5.10 Å². The molecular weight excluding hydrogens is 383 g/mol. The number of hydrogen-bond acceptors (Lipinski definition) is 5. The summed E-state index contributed by atoms with van der Waals surface area (Å²) in [6, 6.07) is 9.69. The summed E-state index contributed by atoms with van der Waals surface area (Å²) in [7, 11) is 0. The molecule has 0 aliphatic carbocycles. The molecule has 2 amide bonds. The average Bonchev–Trinajstić information content (AvgIpc) is 3.42. The van der Waals surface area contributed by atoms with E-state index < -0.39 is 17.6 Å². The van der Waals surface area contributed by atoms with Gasteiger partial charge in [-0.3, -0.25) is 14.9 Å². The van der Waals surface area contributed by atoms with Crippen LogP contribution in [0.1, 0.15) is 20.0 Å². The number of carbonyl (C=O) groups excluding carboxylic acids is 2. The number of nitrogens with two attached hydrogens (primary N) is 1. The smallest absolute Gasteiger partial charge is 0.262 e. The van der Waals surface area contributed by atoms with Gasteiger partial charge in [0.1, 0.15) is 21.9 Å². The van der Waals surface area contributed by atoms with Crippen molar-refractivity contribution in [3.05, 3.63) is 77.4 Å². The number of benzene rings is 1. The van der Waals surface area contributed by atoms with Crippen LogP contribution in [0, 0.1) is 5.82 Å². The summed E-state index contributed by atoms with van der Waals surface area (Å²) in [5.74, 6) is -1.24. The fourth-order valence-electron chi connectivity index (χ4n) is 2.64. The molecule has 10 heteroatoms. The number of carbonyl (C=O) groups is 2. The average molecular weight is 396 g/mol. The van der Waals surface area contributed by atoms with Crippen LogP contribution in [-0.4, -0.2) is 31.1 Å². The predicted molar refractivity (Wildman–Crippen MR) is 101 cm³/mol. The summed E-state index contributed by atoms with van der Waals surface area (Å²) in [4.78, 5) is 28.2. The molecule has 0 saturated carbocycles. The van der Waals surface area contributed by atoms with E-state index in [-0.39, 0.29) is 21.3 Å². The standard InChI is InChI=1S/C18H13FN6O2S/c19-12-5-1-2-6-13(12)25-17(24-7-3-4-8-24)11(9-22-25)16(27)23-18-21-10-14(28-18)15(20)26/h1-10H,(H2,20,26)(H,21,23,27). The van der Waals surface area contributed by atoms with E-state index >= 15 is 0 Å². The minimum Gasteiger partial charge on any atom is -0.365 e. The van der Waals surface area contributed by atoms with Gasteiger partial charge in [0.25, 0.3) is 11.8 Å². The molecule has 0 aliphatic rings. The van der Waals surface area contributed by atoms with Gasteiger partial charge in [-0.05, 0) is 24.3 Å². The summed E-state index contributed by atoms with van der Waals surface area (Å²) >= 11 is 0.961. The van der Waals surface area contributed by atoms with E-state index in [1.807, 2.05) is 0 Å². The zero-order valence-electron chi connectivity index (χ0n) is 14.2. The van der Waals surface area contributed by atoms with Crippen molar-refractivity contribution < 1.29 is 14.0 Å². The summed E-state index contributed by atoms with van der Waals surface area (Å²) in [6.45, 7) is 0. The van der Waals surface area contributed by atoms with Crippen molar-refractivity contribution in [3.8, 4) is 11.5 Å². The number of aromatic nitrogens is 4. The van der Waals surface area contributed by atoms with E-state index in [9.17, 15) is 14.0 Å². The molecule has 0 fully saturated rings. The van der Waals surface area contributed by atoms with Crippen LogP contribution in [0.15, 0.2) is 61.2 Å². The molecule has 0 bridgehead atoms. The molecule has 4 aromatic rings. The molecule has 28 heavy (non-hydrogen) atoms. The van der Waals surface area contributed by atoms with Gasteiger partial charge in [0, 0.05) is 12.4 Å². The maximum atomic E-state index is 14.3. The Kier molecular flexibility index (Phi) is 4.45. The zero-order valence-corrected chi connectivity index (χ0v) is 15.1. The van der Waals surface area contributed by atoms with Gasteiger partial charge in [-0.15, -0.1) is 0 Å². The molecule has 0 unspecified atom stereocenters. The highest BCUT2D eigenvalue weighted by Crippen LogP contribution is 2.24. The molecule has 3 heterocycles. The largest absolute Gasteiger partial charge is 0.365 e. The Labute approximate surface area is 162 Å². The quantitative estimate of drug-likeness (QED) is 0.541. The normalized spacial score (nSPS) is 10.8. The number of nitrogens with one attached hydrogen (secondary N) is 1. The van der Waals surface area contributed by atoms with E-state index in [4.69, 9.17) is 5.73 Å². The molecule has 3 aromatic heterocycles. The zero-order chi connectivity index (χ0) is 19.7. The SMILES string of the molecule is NC(=O)c1cnc(NC(=O)c2cnn(-c3ccccc3F)c2-n2cccc2)s1. The number of thiazole rings is 1. The van der Waals surface area contributed by atoms with Gasteiger partial charge in [0.2, 0.25) is 0 Å². The number of hydrogen-bond donors (Lipinski definition) is 2. The Hall–Kier alpha value is -3.79. The van der Waals surface area contributed by atoms with Crippen molar-refractivity contribution in [1.29, 1.82) is 0 Å². The van der Waals surface area contributed by atoms with Crippen molar-refractivity contribution in [2.24, 2.45) is 5.73 Å². The molecule has 140 valence electrons. The third-order valence-electron chi connectivity index (χ3n) is 3.89. The maximum absolute atomic E-state index is 14.3. The second-order valence-corrected chi connectivity index (χ2v) is 6.71. The minimum atomic E-state index is -0.626. The highest BCUT2D eigenvalue weighted by Gasteiger charge is 2.22. The minimum absolute atomic E-state index is 0.204. The Bertz CT molecular complexity index is 1160.